The van der Waals surface area contributed by atoms with Crippen molar-refractivity contribution in [2.45, 2.75) is 33.7 Å². The zero-order chi connectivity index (χ0) is 11.5. The summed E-state index contributed by atoms with van der Waals surface area (Å²) in [6, 6.07) is 0. The van der Waals surface area contributed by atoms with Gasteiger partial charge in [-0.2, -0.15) is 5.10 Å². The zero-order valence-corrected chi connectivity index (χ0v) is 9.87. The molecule has 0 unspecified atom stereocenters. The van der Waals surface area contributed by atoms with Crippen LogP contribution in [-0.2, 0) is 11.3 Å². The van der Waals surface area contributed by atoms with Crippen LogP contribution in [0.5, 0.6) is 0 Å². The molecule has 0 aromatic carbocycles. The number of carbonyl (C=O) groups excluding carboxylic acids is 1. The lowest BCUT2D eigenvalue weighted by atomic mass is 9.88. The molecule has 0 fully saturated rings. The summed E-state index contributed by atoms with van der Waals surface area (Å²) in [4.78, 5) is 13.8. The van der Waals surface area contributed by atoms with Crippen LogP contribution in [-0.4, -0.2) is 28.1 Å². The molecule has 0 aliphatic heterocycles. The van der Waals surface area contributed by atoms with Gasteiger partial charge in [0.1, 0.15) is 0 Å². The van der Waals surface area contributed by atoms with E-state index in [1.807, 2.05) is 34.0 Å². The first kappa shape index (κ1) is 11.8. The van der Waals surface area contributed by atoms with Crippen LogP contribution in [0, 0.1) is 5.41 Å². The summed E-state index contributed by atoms with van der Waals surface area (Å²) in [7, 11) is 1.83. The molecule has 0 radical (unpaired) electrons. The van der Waals surface area contributed by atoms with Gasteiger partial charge in [-0.1, -0.05) is 20.8 Å². The molecule has 15 heavy (non-hydrogen) atoms. The largest absolute Gasteiger partial charge is 0.341 e. The van der Waals surface area contributed by atoms with E-state index in [1.165, 1.54) is 0 Å². The van der Waals surface area contributed by atoms with Crippen molar-refractivity contribution in [1.82, 2.24) is 15.1 Å². The van der Waals surface area contributed by atoms with Crippen molar-refractivity contribution in [1.29, 1.82) is 0 Å². The molecule has 1 aromatic heterocycles. The molecule has 4 nitrogen and oxygen atoms in total. The van der Waals surface area contributed by atoms with E-state index in [1.54, 1.807) is 11.1 Å². The number of rotatable bonds is 4. The summed E-state index contributed by atoms with van der Waals surface area (Å²) >= 11 is 0. The second kappa shape index (κ2) is 4.47. The molecule has 4 heteroatoms. The van der Waals surface area contributed by atoms with Crippen molar-refractivity contribution in [3.8, 4) is 0 Å². The van der Waals surface area contributed by atoms with Crippen LogP contribution in [0.1, 0.15) is 32.8 Å². The van der Waals surface area contributed by atoms with E-state index in [9.17, 15) is 4.79 Å². The minimum atomic E-state index is -0.279. The fraction of sp³-hybridized carbons (Fsp3) is 0.636. The first-order valence-corrected chi connectivity index (χ1v) is 5.20. The second-order valence-corrected chi connectivity index (χ2v) is 4.51. The second-order valence-electron chi connectivity index (χ2n) is 4.51. The van der Waals surface area contributed by atoms with Crippen molar-refractivity contribution >= 4 is 5.91 Å². The molecule has 0 aliphatic carbocycles. The van der Waals surface area contributed by atoms with Crippen LogP contribution in [0.2, 0.25) is 0 Å². The first-order chi connectivity index (χ1) is 6.97. The molecule has 0 atom stereocenters. The summed E-state index contributed by atoms with van der Waals surface area (Å²) in [6.45, 7) is 6.59. The molecule has 0 saturated heterocycles. The zero-order valence-electron chi connectivity index (χ0n) is 9.87. The monoisotopic (exact) mass is 209 g/mol. The molecule has 0 saturated carbocycles. The molecule has 1 amide bonds. The third-order valence-electron chi connectivity index (χ3n) is 2.78. The van der Waals surface area contributed by atoms with Crippen LogP contribution < -0.4 is 0 Å². The van der Waals surface area contributed by atoms with E-state index in [0.717, 1.165) is 12.0 Å². The average Bonchev–Trinajstić information content (AvgIpc) is 2.69. The first-order valence-electron chi connectivity index (χ1n) is 5.20. The summed E-state index contributed by atoms with van der Waals surface area (Å²) in [6.07, 6.45) is 4.40. The Kier molecular flexibility index (Phi) is 3.50. The normalized spacial score (nSPS) is 11.5. The number of aromatic nitrogens is 2. The number of nitrogens with one attached hydrogen (secondary N) is 1. The van der Waals surface area contributed by atoms with Crippen molar-refractivity contribution in [3.63, 3.8) is 0 Å². The van der Waals surface area contributed by atoms with Gasteiger partial charge in [-0.15, -0.1) is 0 Å². The Morgan fingerprint density at radius 1 is 1.60 bits per heavy atom. The Hall–Kier alpha value is -1.32. The van der Waals surface area contributed by atoms with Crippen LogP contribution in [0.15, 0.2) is 12.4 Å². The van der Waals surface area contributed by atoms with Crippen molar-refractivity contribution < 1.29 is 4.79 Å². The van der Waals surface area contributed by atoms with Crippen LogP contribution in [0.25, 0.3) is 0 Å². The Balaban J connectivity index is 2.61. The number of amides is 1. The molecule has 0 aliphatic rings. The standard InChI is InChI=1S/C11H19N3O/c1-5-11(2,3)10(15)14(4)8-9-6-12-13-7-9/h6-7H,5,8H2,1-4H3,(H,12,13). The van der Waals surface area contributed by atoms with Crippen molar-refractivity contribution in [2.24, 2.45) is 5.41 Å². The number of nitrogens with zero attached hydrogens (tertiary/aromatic N) is 2. The van der Waals surface area contributed by atoms with E-state index in [0.29, 0.717) is 6.54 Å². The van der Waals surface area contributed by atoms with Gasteiger partial charge in [-0.25, -0.2) is 0 Å². The van der Waals surface area contributed by atoms with Gasteiger partial charge in [0.2, 0.25) is 5.91 Å². The van der Waals surface area contributed by atoms with E-state index < -0.39 is 0 Å². The number of hydrogen-bond acceptors (Lipinski definition) is 2. The van der Waals surface area contributed by atoms with Crippen LogP contribution in [0.4, 0.5) is 0 Å². The van der Waals surface area contributed by atoms with Gasteiger partial charge in [-0.3, -0.25) is 9.89 Å². The van der Waals surface area contributed by atoms with Gasteiger partial charge in [0.25, 0.3) is 0 Å². The highest BCUT2D eigenvalue weighted by Gasteiger charge is 2.28. The fourth-order valence-corrected chi connectivity index (χ4v) is 1.38. The minimum absolute atomic E-state index is 0.172. The highest BCUT2D eigenvalue weighted by molar-refractivity contribution is 5.81. The van der Waals surface area contributed by atoms with Crippen LogP contribution >= 0.6 is 0 Å². The van der Waals surface area contributed by atoms with E-state index in [4.69, 9.17) is 0 Å². The SMILES string of the molecule is CCC(C)(C)C(=O)N(C)Cc1cn[nH]c1. The quantitative estimate of drug-likeness (QED) is 0.822. The summed E-state index contributed by atoms with van der Waals surface area (Å²) in [5, 5.41) is 6.59. The Labute approximate surface area is 90.7 Å². The summed E-state index contributed by atoms with van der Waals surface area (Å²) < 4.78 is 0. The van der Waals surface area contributed by atoms with Gasteiger partial charge >= 0.3 is 0 Å². The predicted octanol–water partition coefficient (Wildman–Crippen LogP) is 1.80. The number of H-pyrrole nitrogens is 1. The van der Waals surface area contributed by atoms with Crippen LogP contribution in [0.3, 0.4) is 0 Å². The van der Waals surface area contributed by atoms with E-state index >= 15 is 0 Å². The van der Waals surface area contributed by atoms with Gasteiger partial charge in [0.15, 0.2) is 0 Å². The molecule has 1 aromatic rings. The van der Waals surface area contributed by atoms with Crippen molar-refractivity contribution in [2.75, 3.05) is 7.05 Å². The maximum absolute atomic E-state index is 12.0. The van der Waals surface area contributed by atoms with Gasteiger partial charge in [-0.05, 0) is 6.42 Å². The molecule has 1 N–H and O–H groups in total. The Morgan fingerprint density at radius 3 is 2.73 bits per heavy atom. The van der Waals surface area contributed by atoms with Crippen molar-refractivity contribution in [3.05, 3.63) is 18.0 Å². The molecule has 1 rings (SSSR count). The molecule has 84 valence electrons. The molecule has 0 spiro atoms. The van der Waals surface area contributed by atoms with Gasteiger partial charge in [0.05, 0.1) is 6.20 Å². The van der Waals surface area contributed by atoms with E-state index in [-0.39, 0.29) is 11.3 Å². The fourth-order valence-electron chi connectivity index (χ4n) is 1.38. The molecule has 0 bridgehead atoms. The maximum atomic E-state index is 12.0. The number of aromatic amines is 1. The van der Waals surface area contributed by atoms with Gasteiger partial charge in [0, 0.05) is 30.8 Å². The molecular formula is C11H19N3O. The topological polar surface area (TPSA) is 49.0 Å². The maximum Gasteiger partial charge on any atom is 0.228 e. The molecular weight excluding hydrogens is 190 g/mol. The molecule has 1 heterocycles. The Morgan fingerprint density at radius 2 is 2.27 bits per heavy atom. The highest BCUT2D eigenvalue weighted by atomic mass is 16.2. The minimum Gasteiger partial charge on any atom is -0.341 e. The third-order valence-corrected chi connectivity index (χ3v) is 2.78. The van der Waals surface area contributed by atoms with Gasteiger partial charge < -0.3 is 4.90 Å². The Bertz CT molecular complexity index is 317. The number of hydrogen-bond donors (Lipinski definition) is 1. The van der Waals surface area contributed by atoms with E-state index in [2.05, 4.69) is 10.2 Å². The summed E-state index contributed by atoms with van der Waals surface area (Å²) in [5.74, 6) is 0.172. The lowest BCUT2D eigenvalue weighted by molar-refractivity contribution is -0.139. The highest BCUT2D eigenvalue weighted by Crippen LogP contribution is 2.22. The smallest absolute Gasteiger partial charge is 0.228 e. The predicted molar refractivity (Wildman–Crippen MR) is 59.1 cm³/mol. The lowest BCUT2D eigenvalue weighted by Gasteiger charge is -2.28. The summed E-state index contributed by atoms with van der Waals surface area (Å²) in [5.41, 5.74) is 0.746. The average molecular weight is 209 g/mol. The lowest BCUT2D eigenvalue weighted by Crippen LogP contribution is -2.37. The third kappa shape index (κ3) is 2.81. The number of carbonyl (C=O) groups is 1.